The van der Waals surface area contributed by atoms with Gasteiger partial charge < -0.3 is 11.1 Å². The number of primary amides is 1. The number of nitrogens with two attached hydrogens (primary N) is 1. The fraction of sp³-hybridized carbons (Fsp3) is 0.292. The van der Waals surface area contributed by atoms with Crippen molar-refractivity contribution in [1.82, 2.24) is 9.88 Å². The summed E-state index contributed by atoms with van der Waals surface area (Å²) in [6.45, 7) is 0.691. The van der Waals surface area contributed by atoms with Crippen molar-refractivity contribution in [3.05, 3.63) is 72.4 Å². The molecule has 4 rings (SSSR count). The van der Waals surface area contributed by atoms with E-state index in [-0.39, 0.29) is 11.8 Å². The second-order valence-corrected chi connectivity index (χ2v) is 7.74. The Labute approximate surface area is 176 Å². The zero-order chi connectivity index (χ0) is 20.9. The summed E-state index contributed by atoms with van der Waals surface area (Å²) in [7, 11) is 0. The highest BCUT2D eigenvalue weighted by Crippen LogP contribution is 2.24. The van der Waals surface area contributed by atoms with Crippen molar-refractivity contribution in [2.24, 2.45) is 5.73 Å². The number of carbonyl (C=O) groups is 2. The lowest BCUT2D eigenvalue weighted by Crippen LogP contribution is -2.51. The minimum absolute atomic E-state index is 0.129. The number of aromatic nitrogens is 1. The van der Waals surface area contributed by atoms with E-state index in [0.717, 1.165) is 29.3 Å². The number of amides is 2. The van der Waals surface area contributed by atoms with Crippen LogP contribution in [0.5, 0.6) is 0 Å². The van der Waals surface area contributed by atoms with E-state index in [0.29, 0.717) is 25.1 Å². The van der Waals surface area contributed by atoms with Crippen LogP contribution in [0.3, 0.4) is 0 Å². The highest BCUT2D eigenvalue weighted by atomic mass is 16.2. The number of para-hydroxylation sites is 1. The molecule has 1 aliphatic rings. The Morgan fingerprint density at radius 2 is 1.90 bits per heavy atom. The molecule has 0 aliphatic carbocycles. The third kappa shape index (κ3) is 4.49. The Hall–Kier alpha value is -3.25. The second kappa shape index (κ2) is 9.05. The summed E-state index contributed by atoms with van der Waals surface area (Å²) >= 11 is 0. The summed E-state index contributed by atoms with van der Waals surface area (Å²) < 4.78 is 0. The molecule has 0 bridgehead atoms. The Kier molecular flexibility index (Phi) is 6.05. The number of rotatable bonds is 7. The Morgan fingerprint density at radius 3 is 2.70 bits per heavy atom. The van der Waals surface area contributed by atoms with Gasteiger partial charge in [-0.25, -0.2) is 0 Å². The molecule has 0 spiro atoms. The van der Waals surface area contributed by atoms with E-state index >= 15 is 0 Å². The number of aryl methyl sites for hydroxylation is 1. The quantitative estimate of drug-likeness (QED) is 0.636. The molecule has 1 aromatic heterocycles. The van der Waals surface area contributed by atoms with Crippen LogP contribution in [0.4, 0.5) is 5.69 Å². The normalized spacial score (nSPS) is 17.7. The number of carbonyl (C=O) groups excluding carboxylic acids is 2. The van der Waals surface area contributed by atoms with E-state index in [1.807, 2.05) is 53.4 Å². The number of benzene rings is 2. The minimum atomic E-state index is -0.434. The molecular formula is C24H26N4O2. The molecule has 1 aliphatic heterocycles. The summed E-state index contributed by atoms with van der Waals surface area (Å²) in [5, 5.41) is 3.98. The third-order valence-electron chi connectivity index (χ3n) is 5.73. The van der Waals surface area contributed by atoms with Crippen LogP contribution in [0.25, 0.3) is 10.9 Å². The smallest absolute Gasteiger partial charge is 0.241 e. The first-order valence-electron chi connectivity index (χ1n) is 10.4. The molecule has 2 heterocycles. The molecule has 0 saturated carbocycles. The maximum Gasteiger partial charge on any atom is 0.241 e. The molecule has 2 amide bonds. The van der Waals surface area contributed by atoms with E-state index in [9.17, 15) is 9.59 Å². The number of nitrogens with zero attached hydrogens (tertiary/aromatic N) is 2. The highest BCUT2D eigenvalue weighted by Gasteiger charge is 2.37. The van der Waals surface area contributed by atoms with E-state index in [4.69, 9.17) is 5.73 Å². The predicted octanol–water partition coefficient (Wildman–Crippen LogP) is 3.12. The molecule has 154 valence electrons. The Balaban J connectivity index is 1.55. The number of pyridine rings is 1. The summed E-state index contributed by atoms with van der Waals surface area (Å²) in [4.78, 5) is 31.6. The van der Waals surface area contributed by atoms with Crippen molar-refractivity contribution in [3.63, 3.8) is 0 Å². The van der Waals surface area contributed by atoms with Crippen LogP contribution in [-0.4, -0.2) is 40.3 Å². The molecule has 2 aromatic carbocycles. The van der Waals surface area contributed by atoms with Gasteiger partial charge in [-0.1, -0.05) is 48.5 Å². The van der Waals surface area contributed by atoms with Gasteiger partial charge in [0.1, 0.15) is 0 Å². The largest absolute Gasteiger partial charge is 0.368 e. The maximum absolute atomic E-state index is 13.3. The van der Waals surface area contributed by atoms with Crippen LogP contribution in [0.15, 0.2) is 66.9 Å². The van der Waals surface area contributed by atoms with Gasteiger partial charge in [-0.2, -0.15) is 0 Å². The maximum atomic E-state index is 13.3. The second-order valence-electron chi connectivity index (χ2n) is 7.74. The van der Waals surface area contributed by atoms with Crippen LogP contribution < -0.4 is 11.1 Å². The zero-order valence-corrected chi connectivity index (χ0v) is 16.8. The summed E-state index contributed by atoms with van der Waals surface area (Å²) in [5.41, 5.74) is 8.32. The van der Waals surface area contributed by atoms with E-state index in [1.54, 1.807) is 6.20 Å². The van der Waals surface area contributed by atoms with Crippen LogP contribution in [0.2, 0.25) is 0 Å². The molecule has 3 N–H and O–H groups in total. The fourth-order valence-electron chi connectivity index (χ4n) is 4.23. The van der Waals surface area contributed by atoms with Gasteiger partial charge in [-0.15, -0.1) is 0 Å². The number of hydrogen-bond acceptors (Lipinski definition) is 4. The van der Waals surface area contributed by atoms with Crippen molar-refractivity contribution < 1.29 is 9.59 Å². The average Bonchev–Trinajstić information content (AvgIpc) is 3.24. The number of likely N-dealkylation sites (tertiary alicyclic amines) is 1. The lowest BCUT2D eigenvalue weighted by atomic mass is 10.0. The van der Waals surface area contributed by atoms with Crippen LogP contribution >= 0.6 is 0 Å². The molecule has 0 radical (unpaired) electrons. The van der Waals surface area contributed by atoms with Gasteiger partial charge in [0.2, 0.25) is 11.8 Å². The van der Waals surface area contributed by atoms with Gasteiger partial charge in [0.05, 0.1) is 29.5 Å². The van der Waals surface area contributed by atoms with Gasteiger partial charge in [0.15, 0.2) is 0 Å². The van der Waals surface area contributed by atoms with Gasteiger partial charge in [-0.3, -0.25) is 19.5 Å². The molecule has 30 heavy (non-hydrogen) atoms. The predicted molar refractivity (Wildman–Crippen MR) is 118 cm³/mol. The first-order chi connectivity index (χ1) is 14.6. The Morgan fingerprint density at radius 1 is 1.13 bits per heavy atom. The van der Waals surface area contributed by atoms with Crippen molar-refractivity contribution in [3.8, 4) is 0 Å². The molecule has 2 atom stereocenters. The molecular weight excluding hydrogens is 376 g/mol. The first-order valence-corrected chi connectivity index (χ1v) is 10.4. The van der Waals surface area contributed by atoms with E-state index in [1.165, 1.54) is 0 Å². The van der Waals surface area contributed by atoms with Crippen molar-refractivity contribution in [2.75, 3.05) is 11.9 Å². The van der Waals surface area contributed by atoms with Crippen LogP contribution in [0.1, 0.15) is 24.8 Å². The van der Waals surface area contributed by atoms with Crippen molar-refractivity contribution in [2.45, 2.75) is 37.8 Å². The van der Waals surface area contributed by atoms with Gasteiger partial charge >= 0.3 is 0 Å². The van der Waals surface area contributed by atoms with Crippen LogP contribution in [0, 0.1) is 0 Å². The first kappa shape index (κ1) is 20.0. The average molecular weight is 402 g/mol. The highest BCUT2D eigenvalue weighted by molar-refractivity contribution is 5.97. The molecule has 6 nitrogen and oxygen atoms in total. The zero-order valence-electron chi connectivity index (χ0n) is 16.8. The molecule has 1 fully saturated rings. The number of anilines is 1. The lowest BCUT2D eigenvalue weighted by Gasteiger charge is -2.30. The summed E-state index contributed by atoms with van der Waals surface area (Å²) in [6.07, 6.45) is 4.59. The molecule has 2 unspecified atom stereocenters. The number of hydrogen-bond donors (Lipinski definition) is 2. The fourth-order valence-corrected chi connectivity index (χ4v) is 4.23. The third-order valence-corrected chi connectivity index (χ3v) is 5.73. The lowest BCUT2D eigenvalue weighted by molar-refractivity contribution is -0.127. The SMILES string of the molecule is NC(=O)C1CCCN1C(CCc1ccccc1)C(=O)Nc1cnc2ccccc2c1. The van der Waals surface area contributed by atoms with E-state index < -0.39 is 12.1 Å². The van der Waals surface area contributed by atoms with Gasteiger partial charge in [0.25, 0.3) is 0 Å². The number of fused-ring (bicyclic) bond motifs is 1. The van der Waals surface area contributed by atoms with Gasteiger partial charge in [0, 0.05) is 5.39 Å². The number of nitrogens with one attached hydrogen (secondary N) is 1. The summed E-state index contributed by atoms with van der Waals surface area (Å²) in [5.74, 6) is -0.492. The standard InChI is InChI=1S/C24H26N4O2/c25-23(29)21-11-6-14-28(21)22(13-12-17-7-2-1-3-8-17)24(30)27-19-15-18-9-4-5-10-20(18)26-16-19/h1-5,7-10,15-16,21-22H,6,11-14H2,(H2,25,29)(H,27,30). The van der Waals surface area contributed by atoms with Crippen molar-refractivity contribution in [1.29, 1.82) is 0 Å². The molecule has 1 saturated heterocycles. The van der Waals surface area contributed by atoms with Crippen LogP contribution in [-0.2, 0) is 16.0 Å². The van der Waals surface area contributed by atoms with Crippen molar-refractivity contribution >= 4 is 28.4 Å². The van der Waals surface area contributed by atoms with Gasteiger partial charge in [-0.05, 0) is 49.9 Å². The molecule has 3 aromatic rings. The summed E-state index contributed by atoms with van der Waals surface area (Å²) in [6, 6.07) is 18.9. The van der Waals surface area contributed by atoms with E-state index in [2.05, 4.69) is 22.4 Å². The Bertz CT molecular complexity index is 1040. The topological polar surface area (TPSA) is 88.3 Å². The monoisotopic (exact) mass is 402 g/mol. The molecule has 6 heteroatoms. The minimum Gasteiger partial charge on any atom is -0.368 e.